The Bertz CT molecular complexity index is 249. The summed E-state index contributed by atoms with van der Waals surface area (Å²) in [7, 11) is 0. The second-order valence-electron chi connectivity index (χ2n) is 3.14. The molecule has 0 bridgehead atoms. The first-order valence-electron chi connectivity index (χ1n) is 4.18. The predicted molar refractivity (Wildman–Crippen MR) is 53.1 cm³/mol. The van der Waals surface area contributed by atoms with E-state index in [2.05, 4.69) is 4.98 Å². The first-order chi connectivity index (χ1) is 5.84. The van der Waals surface area contributed by atoms with Gasteiger partial charge in [-0.3, -0.25) is 0 Å². The molecule has 1 aromatic rings. The number of ether oxygens (including phenoxy) is 1. The number of rotatable bonds is 2. The minimum Gasteiger partial charge on any atom is -0.474 e. The van der Waals surface area contributed by atoms with Gasteiger partial charge in [-0.05, 0) is 18.9 Å². The first kappa shape index (κ1) is 10.3. The quantitative estimate of drug-likeness (QED) is 0.785. The number of hydrogen-bond acceptors (Lipinski definition) is 3. The zero-order chi connectivity index (χ0) is 8.39. The Hall–Kier alpha value is -0.800. The molecule has 1 aliphatic carbocycles. The Labute approximate surface area is 83.7 Å². The van der Waals surface area contributed by atoms with Crippen LogP contribution < -0.4 is 10.5 Å². The molecule has 0 spiro atoms. The van der Waals surface area contributed by atoms with Crippen LogP contribution >= 0.6 is 12.4 Å². The van der Waals surface area contributed by atoms with E-state index >= 15 is 0 Å². The highest BCUT2D eigenvalue weighted by Gasteiger charge is 2.27. The van der Waals surface area contributed by atoms with Gasteiger partial charge in [0.15, 0.2) is 0 Å². The summed E-state index contributed by atoms with van der Waals surface area (Å²) in [5.41, 5.74) is 5.62. The smallest absolute Gasteiger partial charge is 0.213 e. The van der Waals surface area contributed by atoms with E-state index in [-0.39, 0.29) is 18.5 Å². The average Bonchev–Trinajstić information content (AvgIpc) is 2.04. The number of halogens is 1. The molecule has 13 heavy (non-hydrogen) atoms. The van der Waals surface area contributed by atoms with Crippen molar-refractivity contribution < 1.29 is 4.74 Å². The fourth-order valence-corrected chi connectivity index (χ4v) is 1.29. The van der Waals surface area contributed by atoms with Crippen LogP contribution in [0.1, 0.15) is 12.8 Å². The summed E-state index contributed by atoms with van der Waals surface area (Å²) in [4.78, 5) is 4.06. The molecule has 0 amide bonds. The van der Waals surface area contributed by atoms with Crippen molar-refractivity contribution in [2.45, 2.75) is 25.0 Å². The molecule has 2 N–H and O–H groups in total. The van der Waals surface area contributed by atoms with Gasteiger partial charge in [-0.1, -0.05) is 6.07 Å². The molecule has 1 aromatic heterocycles. The van der Waals surface area contributed by atoms with Crippen molar-refractivity contribution in [1.82, 2.24) is 4.98 Å². The Balaban J connectivity index is 0.000000845. The highest BCUT2D eigenvalue weighted by molar-refractivity contribution is 5.85. The monoisotopic (exact) mass is 200 g/mol. The van der Waals surface area contributed by atoms with E-state index in [1.54, 1.807) is 6.20 Å². The van der Waals surface area contributed by atoms with E-state index in [0.29, 0.717) is 11.9 Å². The van der Waals surface area contributed by atoms with Crippen molar-refractivity contribution in [2.24, 2.45) is 5.73 Å². The van der Waals surface area contributed by atoms with Crippen LogP contribution in [-0.2, 0) is 0 Å². The van der Waals surface area contributed by atoms with Crippen LogP contribution in [0.4, 0.5) is 0 Å². The van der Waals surface area contributed by atoms with Crippen LogP contribution in [-0.4, -0.2) is 17.1 Å². The largest absolute Gasteiger partial charge is 0.474 e. The average molecular weight is 201 g/mol. The summed E-state index contributed by atoms with van der Waals surface area (Å²) in [6.07, 6.45) is 3.93. The van der Waals surface area contributed by atoms with Gasteiger partial charge < -0.3 is 10.5 Å². The Kier molecular flexibility index (Phi) is 3.51. The summed E-state index contributed by atoms with van der Waals surface area (Å²) in [5.74, 6) is 0.703. The molecule has 1 aliphatic rings. The highest BCUT2D eigenvalue weighted by Crippen LogP contribution is 2.22. The molecule has 4 heteroatoms. The molecule has 0 radical (unpaired) electrons. The van der Waals surface area contributed by atoms with Crippen molar-refractivity contribution in [3.63, 3.8) is 0 Å². The number of pyridine rings is 1. The Morgan fingerprint density at radius 3 is 2.69 bits per heavy atom. The van der Waals surface area contributed by atoms with Crippen molar-refractivity contribution in [1.29, 1.82) is 0 Å². The Morgan fingerprint density at radius 2 is 2.15 bits per heavy atom. The Morgan fingerprint density at radius 1 is 1.38 bits per heavy atom. The fraction of sp³-hybridized carbons (Fsp3) is 0.444. The van der Waals surface area contributed by atoms with E-state index in [9.17, 15) is 0 Å². The molecule has 1 heterocycles. The highest BCUT2D eigenvalue weighted by atomic mass is 35.5. The standard InChI is InChI=1S/C9H12N2O.ClH/c10-7-5-8(6-7)12-9-3-1-2-4-11-9;/h1-4,7-8H,5-6,10H2;1H. The van der Waals surface area contributed by atoms with Gasteiger partial charge >= 0.3 is 0 Å². The first-order valence-corrected chi connectivity index (χ1v) is 4.18. The molecule has 0 aliphatic heterocycles. The summed E-state index contributed by atoms with van der Waals surface area (Å²) >= 11 is 0. The maximum atomic E-state index is 5.62. The fourth-order valence-electron chi connectivity index (χ4n) is 1.29. The van der Waals surface area contributed by atoms with Crippen LogP contribution in [0.3, 0.4) is 0 Å². The minimum absolute atomic E-state index is 0. The maximum Gasteiger partial charge on any atom is 0.213 e. The molecule has 72 valence electrons. The number of aromatic nitrogens is 1. The molecule has 2 rings (SSSR count). The lowest BCUT2D eigenvalue weighted by molar-refractivity contribution is 0.0958. The van der Waals surface area contributed by atoms with Crippen LogP contribution in [0.2, 0.25) is 0 Å². The van der Waals surface area contributed by atoms with Gasteiger partial charge in [0.25, 0.3) is 0 Å². The van der Waals surface area contributed by atoms with Crippen LogP contribution in [0.15, 0.2) is 24.4 Å². The topological polar surface area (TPSA) is 48.1 Å². The summed E-state index contributed by atoms with van der Waals surface area (Å²) in [6, 6.07) is 5.99. The third kappa shape index (κ3) is 2.57. The lowest BCUT2D eigenvalue weighted by Gasteiger charge is -2.31. The van der Waals surface area contributed by atoms with E-state index in [4.69, 9.17) is 10.5 Å². The van der Waals surface area contributed by atoms with E-state index in [1.165, 1.54) is 0 Å². The molecule has 3 nitrogen and oxygen atoms in total. The number of nitrogens with two attached hydrogens (primary N) is 1. The third-order valence-corrected chi connectivity index (χ3v) is 2.06. The SMILES string of the molecule is Cl.NC1CC(Oc2ccccn2)C1. The van der Waals surface area contributed by atoms with Crippen molar-refractivity contribution in [2.75, 3.05) is 0 Å². The molecular weight excluding hydrogens is 188 g/mol. The summed E-state index contributed by atoms with van der Waals surface area (Å²) in [6.45, 7) is 0. The minimum atomic E-state index is 0. The molecule has 0 aromatic carbocycles. The van der Waals surface area contributed by atoms with Crippen molar-refractivity contribution in [3.05, 3.63) is 24.4 Å². The summed E-state index contributed by atoms with van der Waals surface area (Å²) < 4.78 is 5.53. The zero-order valence-corrected chi connectivity index (χ0v) is 8.04. The predicted octanol–water partition coefficient (Wildman–Crippen LogP) is 1.37. The lowest BCUT2D eigenvalue weighted by atomic mass is 9.90. The van der Waals surface area contributed by atoms with Gasteiger partial charge in [0.1, 0.15) is 6.10 Å². The van der Waals surface area contributed by atoms with Gasteiger partial charge in [-0.15, -0.1) is 12.4 Å². The van der Waals surface area contributed by atoms with E-state index in [0.717, 1.165) is 12.8 Å². The van der Waals surface area contributed by atoms with Gasteiger partial charge in [0.2, 0.25) is 5.88 Å². The molecular formula is C9H13ClN2O. The van der Waals surface area contributed by atoms with Gasteiger partial charge in [-0.25, -0.2) is 4.98 Å². The second-order valence-corrected chi connectivity index (χ2v) is 3.14. The molecule has 1 fully saturated rings. The van der Waals surface area contributed by atoms with Gasteiger partial charge in [0, 0.05) is 18.3 Å². The normalized spacial score (nSPS) is 25.6. The van der Waals surface area contributed by atoms with E-state index in [1.807, 2.05) is 18.2 Å². The third-order valence-electron chi connectivity index (χ3n) is 2.06. The van der Waals surface area contributed by atoms with Gasteiger partial charge in [-0.2, -0.15) is 0 Å². The summed E-state index contributed by atoms with van der Waals surface area (Å²) in [5, 5.41) is 0. The molecule has 1 saturated carbocycles. The lowest BCUT2D eigenvalue weighted by Crippen LogP contribution is -2.43. The number of hydrogen-bond donors (Lipinski definition) is 1. The molecule has 0 unspecified atom stereocenters. The maximum absolute atomic E-state index is 5.62. The second kappa shape index (κ2) is 4.44. The van der Waals surface area contributed by atoms with Crippen molar-refractivity contribution >= 4 is 12.4 Å². The molecule has 0 saturated heterocycles. The number of nitrogens with zero attached hydrogens (tertiary/aromatic N) is 1. The van der Waals surface area contributed by atoms with Gasteiger partial charge in [0.05, 0.1) is 0 Å². The van der Waals surface area contributed by atoms with Crippen molar-refractivity contribution in [3.8, 4) is 5.88 Å². The molecule has 0 atom stereocenters. The van der Waals surface area contributed by atoms with E-state index < -0.39 is 0 Å². The van der Waals surface area contributed by atoms with Crippen LogP contribution in [0.5, 0.6) is 5.88 Å². The zero-order valence-electron chi connectivity index (χ0n) is 7.22. The van der Waals surface area contributed by atoms with Crippen LogP contribution in [0.25, 0.3) is 0 Å². The van der Waals surface area contributed by atoms with Crippen LogP contribution in [0, 0.1) is 0 Å².